The minimum atomic E-state index is -3.28. The van der Waals surface area contributed by atoms with Crippen LogP contribution in [0.4, 0.5) is 0 Å². The van der Waals surface area contributed by atoms with Crippen LogP contribution in [-0.2, 0) is 19.4 Å². The average Bonchev–Trinajstić information content (AvgIpc) is 2.91. The van der Waals surface area contributed by atoms with Crippen molar-refractivity contribution >= 4 is 38.7 Å². The Morgan fingerprint density at radius 1 is 0.963 bits per heavy atom. The number of carbonyl (C=O) groups is 1. The molecule has 0 radical (unpaired) electrons. The van der Waals surface area contributed by atoms with Crippen molar-refractivity contribution in [1.82, 2.24) is 0 Å². The van der Waals surface area contributed by atoms with Gasteiger partial charge in [0, 0.05) is 10.5 Å². The Balaban J connectivity index is 2.11. The number of hydrogen-bond acceptors (Lipinski definition) is 5. The number of carbonyl (C=O) groups excluding carboxylic acids is 1. The van der Waals surface area contributed by atoms with Crippen molar-refractivity contribution < 1.29 is 17.9 Å². The summed E-state index contributed by atoms with van der Waals surface area (Å²) < 4.78 is 30.1. The molecule has 1 aliphatic rings. The fraction of sp³-hybridized carbons (Fsp3) is 0.286. The lowest BCUT2D eigenvalue weighted by Gasteiger charge is -2.17. The van der Waals surface area contributed by atoms with Crippen LogP contribution in [0.2, 0.25) is 0 Å². The lowest BCUT2D eigenvalue weighted by Crippen LogP contribution is -2.29. The lowest BCUT2D eigenvalue weighted by molar-refractivity contribution is -0.125. The molecule has 1 aliphatic heterocycles. The molecule has 0 unspecified atom stereocenters. The van der Waals surface area contributed by atoms with Gasteiger partial charge in [-0.05, 0) is 49.9 Å². The molecule has 0 fully saturated rings. The first kappa shape index (κ1) is 19.7. The molecule has 0 saturated heterocycles. The first-order valence-corrected chi connectivity index (χ1v) is 11.5. The number of benzene rings is 2. The third kappa shape index (κ3) is 3.69. The van der Waals surface area contributed by atoms with Crippen LogP contribution in [-0.4, -0.2) is 31.8 Å². The van der Waals surface area contributed by atoms with Gasteiger partial charge in [0.1, 0.15) is 5.76 Å². The second-order valence-electron chi connectivity index (χ2n) is 6.80. The van der Waals surface area contributed by atoms with E-state index >= 15 is 0 Å². The maximum atomic E-state index is 13.0. The monoisotopic (exact) mass is 402 g/mol. The largest absolute Gasteiger partial charge is 0.478 e. The Morgan fingerprint density at radius 3 is 2.04 bits per heavy atom. The van der Waals surface area contributed by atoms with Gasteiger partial charge in [0.15, 0.2) is 15.4 Å². The molecule has 6 heteroatoms. The predicted octanol–water partition coefficient (Wildman–Crippen LogP) is 4.45. The molecule has 0 spiro atoms. The van der Waals surface area contributed by atoms with E-state index in [0.717, 1.165) is 10.5 Å². The topological polar surface area (TPSA) is 60.4 Å². The van der Waals surface area contributed by atoms with E-state index in [2.05, 4.69) is 0 Å². The molecule has 0 bridgehead atoms. The number of ether oxygens (including phenoxy) is 1. The molecule has 4 nitrogen and oxygen atoms in total. The zero-order valence-electron chi connectivity index (χ0n) is 15.8. The van der Waals surface area contributed by atoms with E-state index in [1.807, 2.05) is 30.5 Å². The number of Topliss-reactive ketones (excluding diaryl/α,β-unsaturated/α-hetero) is 1. The van der Waals surface area contributed by atoms with E-state index in [9.17, 15) is 13.2 Å². The molecule has 142 valence electrons. The number of rotatable bonds is 5. The van der Waals surface area contributed by atoms with Crippen molar-refractivity contribution in [1.29, 1.82) is 0 Å². The summed E-state index contributed by atoms with van der Waals surface area (Å²) in [5, 5.41) is 0. The van der Waals surface area contributed by atoms with Crippen LogP contribution in [0.3, 0.4) is 0 Å². The Kier molecular flexibility index (Phi) is 5.23. The molecule has 2 aromatic carbocycles. The van der Waals surface area contributed by atoms with E-state index in [-0.39, 0.29) is 16.4 Å². The molecule has 0 atom stereocenters. The van der Waals surface area contributed by atoms with Crippen LogP contribution in [0.25, 0.3) is 11.3 Å². The second-order valence-corrected chi connectivity index (χ2v) is 9.96. The van der Waals surface area contributed by atoms with E-state index in [1.165, 1.54) is 0 Å². The van der Waals surface area contributed by atoms with Gasteiger partial charge in [-0.25, -0.2) is 8.42 Å². The van der Waals surface area contributed by atoms with Gasteiger partial charge >= 0.3 is 0 Å². The summed E-state index contributed by atoms with van der Waals surface area (Å²) in [7, 11) is -3.28. The molecule has 0 aliphatic carbocycles. The third-order valence-electron chi connectivity index (χ3n) is 4.59. The van der Waals surface area contributed by atoms with Crippen LogP contribution in [0.1, 0.15) is 31.9 Å². The van der Waals surface area contributed by atoms with E-state index < -0.39 is 15.4 Å². The first-order valence-electron chi connectivity index (χ1n) is 8.65. The Bertz CT molecular complexity index is 999. The summed E-state index contributed by atoms with van der Waals surface area (Å²) in [6, 6.07) is 14.3. The van der Waals surface area contributed by atoms with Crippen molar-refractivity contribution in [3.05, 3.63) is 59.7 Å². The number of hydrogen-bond donors (Lipinski definition) is 0. The molecular formula is C21H22O4S2. The Hall–Kier alpha value is -2.05. The van der Waals surface area contributed by atoms with Crippen LogP contribution < -0.4 is 0 Å². The van der Waals surface area contributed by atoms with E-state index in [0.29, 0.717) is 16.9 Å². The smallest absolute Gasteiger partial charge is 0.210 e. The molecule has 1 heterocycles. The summed E-state index contributed by atoms with van der Waals surface area (Å²) in [4.78, 5) is 14.3. The highest BCUT2D eigenvalue weighted by Gasteiger charge is 2.42. The molecular weight excluding hydrogens is 380 g/mol. The Morgan fingerprint density at radius 2 is 1.52 bits per heavy atom. The van der Waals surface area contributed by atoms with Gasteiger partial charge in [-0.3, -0.25) is 4.79 Å². The summed E-state index contributed by atoms with van der Waals surface area (Å²) >= 11 is 1.64. The van der Waals surface area contributed by atoms with Crippen molar-refractivity contribution in [3.63, 3.8) is 0 Å². The molecule has 0 N–H and O–H groups in total. The average molecular weight is 403 g/mol. The van der Waals surface area contributed by atoms with Crippen molar-refractivity contribution in [2.75, 3.05) is 12.0 Å². The second kappa shape index (κ2) is 7.17. The maximum Gasteiger partial charge on any atom is 0.210 e. The predicted molar refractivity (Wildman–Crippen MR) is 109 cm³/mol. The number of thioether (sulfide) groups is 1. The molecule has 0 saturated carbocycles. The summed E-state index contributed by atoms with van der Waals surface area (Å²) in [6.45, 7) is 5.10. The summed E-state index contributed by atoms with van der Waals surface area (Å²) in [5.74, 6) is 0.457. The molecule has 0 aromatic heterocycles. The minimum Gasteiger partial charge on any atom is -0.478 e. The quantitative estimate of drug-likeness (QED) is 0.692. The number of ketones is 1. The van der Waals surface area contributed by atoms with Gasteiger partial charge in [0.05, 0.1) is 16.2 Å². The van der Waals surface area contributed by atoms with Crippen LogP contribution >= 0.6 is 11.8 Å². The van der Waals surface area contributed by atoms with E-state index in [1.54, 1.807) is 56.8 Å². The van der Waals surface area contributed by atoms with Crippen molar-refractivity contribution in [2.24, 2.45) is 0 Å². The first-order chi connectivity index (χ1) is 12.7. The molecule has 3 rings (SSSR count). The molecule has 2 aromatic rings. The van der Waals surface area contributed by atoms with Gasteiger partial charge < -0.3 is 4.74 Å². The van der Waals surface area contributed by atoms with Crippen LogP contribution in [0.15, 0.2) is 58.3 Å². The minimum absolute atomic E-state index is 0.0388. The summed E-state index contributed by atoms with van der Waals surface area (Å²) in [6.07, 6.45) is 2.00. The highest BCUT2D eigenvalue weighted by molar-refractivity contribution is 7.98. The SMILES string of the molecule is CCS(=O)(=O)c1ccc(C2=C(c3ccc(SC)cc3)OC(C)(C)C2=O)cc1. The van der Waals surface area contributed by atoms with Crippen LogP contribution in [0, 0.1) is 0 Å². The van der Waals surface area contributed by atoms with Gasteiger partial charge in [0.25, 0.3) is 0 Å². The zero-order chi connectivity index (χ0) is 19.8. The van der Waals surface area contributed by atoms with Gasteiger partial charge in [-0.2, -0.15) is 0 Å². The van der Waals surface area contributed by atoms with Gasteiger partial charge in [0.2, 0.25) is 5.78 Å². The fourth-order valence-corrected chi connectivity index (χ4v) is 4.25. The zero-order valence-corrected chi connectivity index (χ0v) is 17.4. The highest BCUT2D eigenvalue weighted by Crippen LogP contribution is 2.41. The standard InChI is InChI=1S/C21H22O4S2/c1-5-27(23,24)17-12-8-14(9-13-17)18-19(25-21(2,3)20(18)22)15-6-10-16(26-4)11-7-15/h6-13H,5H2,1-4H3. The molecule has 0 amide bonds. The Labute approximate surface area is 164 Å². The maximum absolute atomic E-state index is 13.0. The third-order valence-corrected chi connectivity index (χ3v) is 7.09. The van der Waals surface area contributed by atoms with Crippen molar-refractivity contribution in [3.8, 4) is 0 Å². The fourth-order valence-electron chi connectivity index (χ4n) is 2.96. The molecule has 27 heavy (non-hydrogen) atoms. The van der Waals surface area contributed by atoms with Crippen LogP contribution in [0.5, 0.6) is 0 Å². The normalized spacial score (nSPS) is 16.5. The van der Waals surface area contributed by atoms with Gasteiger partial charge in [-0.1, -0.05) is 31.2 Å². The van der Waals surface area contributed by atoms with E-state index in [4.69, 9.17) is 4.74 Å². The number of sulfone groups is 1. The van der Waals surface area contributed by atoms with Gasteiger partial charge in [-0.15, -0.1) is 11.8 Å². The van der Waals surface area contributed by atoms with Crippen molar-refractivity contribution in [2.45, 2.75) is 36.2 Å². The lowest BCUT2D eigenvalue weighted by atomic mass is 9.93. The highest BCUT2D eigenvalue weighted by atomic mass is 32.2. The summed E-state index contributed by atoms with van der Waals surface area (Å²) in [5.41, 5.74) is 1.01.